The first-order valence-corrected chi connectivity index (χ1v) is 11.1. The second-order valence-electron chi connectivity index (χ2n) is 7.72. The van der Waals surface area contributed by atoms with Crippen LogP contribution < -0.4 is 0 Å². The summed E-state index contributed by atoms with van der Waals surface area (Å²) in [5, 5.41) is 8.46. The van der Waals surface area contributed by atoms with Gasteiger partial charge in [-0.15, -0.1) is 10.2 Å². The van der Waals surface area contributed by atoms with Gasteiger partial charge in [0.05, 0.1) is 22.9 Å². The zero-order valence-electron chi connectivity index (χ0n) is 17.8. The summed E-state index contributed by atoms with van der Waals surface area (Å²) >= 11 is 12.6. The van der Waals surface area contributed by atoms with E-state index in [1.807, 2.05) is 6.07 Å². The molecule has 0 bridgehead atoms. The van der Waals surface area contributed by atoms with Crippen molar-refractivity contribution in [2.24, 2.45) is 0 Å². The highest BCUT2D eigenvalue weighted by Crippen LogP contribution is 2.34. The zero-order valence-corrected chi connectivity index (χ0v) is 19.3. The van der Waals surface area contributed by atoms with Crippen LogP contribution in [0.5, 0.6) is 0 Å². The average molecular weight is 491 g/mol. The van der Waals surface area contributed by atoms with Crippen molar-refractivity contribution in [2.75, 3.05) is 0 Å². The van der Waals surface area contributed by atoms with Crippen molar-refractivity contribution >= 4 is 40.8 Å². The lowest BCUT2D eigenvalue weighted by Gasteiger charge is -2.23. The van der Waals surface area contributed by atoms with E-state index < -0.39 is 17.9 Å². The summed E-state index contributed by atoms with van der Waals surface area (Å²) in [6.07, 6.45) is 0. The minimum atomic E-state index is -0.817. The molecule has 0 saturated carbocycles. The van der Waals surface area contributed by atoms with Gasteiger partial charge in [0, 0.05) is 16.1 Å². The molecule has 9 heteroatoms. The molecular formula is C25H16Cl2N4O3. The number of imide groups is 1. The Labute approximate surface area is 204 Å². The largest absolute Gasteiger partial charge is 0.289 e. The Morgan fingerprint density at radius 2 is 1.47 bits per heavy atom. The molecule has 168 valence electrons. The van der Waals surface area contributed by atoms with Crippen LogP contribution in [0.4, 0.5) is 0 Å². The van der Waals surface area contributed by atoms with Gasteiger partial charge < -0.3 is 0 Å². The molecule has 2 amide bonds. The second kappa shape index (κ2) is 8.52. The lowest BCUT2D eigenvalue weighted by molar-refractivity contribution is 0.0587. The van der Waals surface area contributed by atoms with Gasteiger partial charge in [0.1, 0.15) is 0 Å². The maximum absolute atomic E-state index is 13.3. The number of rotatable bonds is 5. The Morgan fingerprint density at radius 1 is 0.853 bits per heavy atom. The number of hydrogen-bond acceptors (Lipinski definition) is 5. The summed E-state index contributed by atoms with van der Waals surface area (Å²) < 4.78 is 1.46. The predicted octanol–water partition coefficient (Wildman–Crippen LogP) is 5.16. The molecule has 4 aromatic rings. The molecule has 5 rings (SSSR count). The maximum atomic E-state index is 13.3. The van der Waals surface area contributed by atoms with E-state index in [0.717, 1.165) is 4.90 Å². The molecule has 2 heterocycles. The first kappa shape index (κ1) is 22.0. The normalized spacial score (nSPS) is 13.8. The van der Waals surface area contributed by atoms with E-state index in [1.54, 1.807) is 73.7 Å². The number of carbonyl (C=O) groups is 3. The van der Waals surface area contributed by atoms with Gasteiger partial charge in [0.25, 0.3) is 11.8 Å². The number of carbonyl (C=O) groups excluding carboxylic acids is 3. The molecule has 0 radical (unpaired) electrons. The number of fused-ring (bicyclic) bond motifs is 1. The van der Waals surface area contributed by atoms with Crippen LogP contribution >= 0.6 is 23.2 Å². The highest BCUT2D eigenvalue weighted by Gasteiger charge is 2.40. The molecule has 3 aromatic carbocycles. The van der Waals surface area contributed by atoms with Gasteiger partial charge in [-0.1, -0.05) is 54.1 Å². The van der Waals surface area contributed by atoms with E-state index >= 15 is 0 Å². The SMILES string of the molecule is CC(c1nnc(Cl)n1-c1ccc(Cl)cc1C(=O)c1ccccc1)N1C(=O)c2ccccc2C1=O. The Balaban J connectivity index is 1.62. The molecular weight excluding hydrogens is 475 g/mol. The van der Waals surface area contributed by atoms with Gasteiger partial charge in [-0.3, -0.25) is 23.9 Å². The van der Waals surface area contributed by atoms with Gasteiger partial charge in [-0.25, -0.2) is 0 Å². The summed E-state index contributed by atoms with van der Waals surface area (Å²) in [6.45, 7) is 1.66. The van der Waals surface area contributed by atoms with Crippen molar-refractivity contribution in [1.82, 2.24) is 19.7 Å². The third-order valence-electron chi connectivity index (χ3n) is 5.72. The van der Waals surface area contributed by atoms with Crippen molar-refractivity contribution in [3.63, 3.8) is 0 Å². The Hall–Kier alpha value is -3.81. The average Bonchev–Trinajstić information content (AvgIpc) is 3.36. The Morgan fingerprint density at radius 3 is 2.12 bits per heavy atom. The number of halogens is 2. The highest BCUT2D eigenvalue weighted by atomic mass is 35.5. The molecule has 0 spiro atoms. The summed E-state index contributed by atoms with van der Waals surface area (Å²) in [6, 6.07) is 19.3. The zero-order chi connectivity index (χ0) is 24.0. The third kappa shape index (κ3) is 3.50. The van der Waals surface area contributed by atoms with Crippen LogP contribution in [-0.4, -0.2) is 37.3 Å². The molecule has 0 aliphatic carbocycles. The molecule has 1 aromatic heterocycles. The quantitative estimate of drug-likeness (QED) is 0.284. The van der Waals surface area contributed by atoms with E-state index in [0.29, 0.717) is 27.4 Å². The van der Waals surface area contributed by atoms with Crippen LogP contribution in [0, 0.1) is 0 Å². The van der Waals surface area contributed by atoms with Crippen molar-refractivity contribution < 1.29 is 14.4 Å². The fourth-order valence-corrected chi connectivity index (χ4v) is 4.46. The molecule has 1 unspecified atom stereocenters. The number of ketones is 1. The molecule has 1 atom stereocenters. The maximum Gasteiger partial charge on any atom is 0.262 e. The minimum absolute atomic E-state index is 0.0251. The van der Waals surface area contributed by atoms with Crippen LogP contribution in [0.1, 0.15) is 55.4 Å². The minimum Gasteiger partial charge on any atom is -0.289 e. The van der Waals surface area contributed by atoms with E-state index in [4.69, 9.17) is 23.2 Å². The molecule has 0 fully saturated rings. The number of amides is 2. The lowest BCUT2D eigenvalue weighted by atomic mass is 10.0. The van der Waals surface area contributed by atoms with Crippen molar-refractivity contribution in [2.45, 2.75) is 13.0 Å². The summed E-state index contributed by atoms with van der Waals surface area (Å²) in [5.41, 5.74) is 1.76. The van der Waals surface area contributed by atoms with Crippen LogP contribution in [0.15, 0.2) is 72.8 Å². The fourth-order valence-electron chi connectivity index (χ4n) is 4.07. The Kier molecular flexibility index (Phi) is 5.51. The summed E-state index contributed by atoms with van der Waals surface area (Å²) in [7, 11) is 0. The standard InChI is InChI=1S/C25H16Cl2N4O3/c1-14(30-23(33)17-9-5-6-10-18(17)24(30)34)22-28-29-25(27)31(22)20-12-11-16(26)13-19(20)21(32)15-7-3-2-4-8-15/h2-14H,1H3. The summed E-state index contributed by atoms with van der Waals surface area (Å²) in [4.78, 5) is 40.5. The molecule has 1 aliphatic rings. The Bertz CT molecular complexity index is 1430. The van der Waals surface area contributed by atoms with E-state index in [-0.39, 0.29) is 22.5 Å². The first-order valence-electron chi connectivity index (χ1n) is 10.4. The van der Waals surface area contributed by atoms with Crippen LogP contribution in [0.3, 0.4) is 0 Å². The topological polar surface area (TPSA) is 85.2 Å². The second-order valence-corrected chi connectivity index (χ2v) is 8.50. The van der Waals surface area contributed by atoms with Gasteiger partial charge in [-0.2, -0.15) is 0 Å². The monoisotopic (exact) mass is 490 g/mol. The van der Waals surface area contributed by atoms with Crippen LogP contribution in [0.25, 0.3) is 5.69 Å². The lowest BCUT2D eigenvalue weighted by Crippen LogP contribution is -2.34. The number of hydrogen-bond donors (Lipinski definition) is 0. The van der Waals surface area contributed by atoms with Gasteiger partial charge in [0.15, 0.2) is 11.6 Å². The third-order valence-corrected chi connectivity index (χ3v) is 6.19. The molecule has 0 N–H and O–H groups in total. The highest BCUT2D eigenvalue weighted by molar-refractivity contribution is 6.31. The fraction of sp³-hybridized carbons (Fsp3) is 0.0800. The smallest absolute Gasteiger partial charge is 0.262 e. The van der Waals surface area contributed by atoms with Crippen molar-refractivity contribution in [3.05, 3.63) is 111 Å². The van der Waals surface area contributed by atoms with E-state index in [1.165, 1.54) is 4.57 Å². The molecule has 34 heavy (non-hydrogen) atoms. The van der Waals surface area contributed by atoms with E-state index in [9.17, 15) is 14.4 Å². The number of benzene rings is 3. The van der Waals surface area contributed by atoms with Crippen LogP contribution in [0.2, 0.25) is 10.3 Å². The van der Waals surface area contributed by atoms with Crippen molar-refractivity contribution in [1.29, 1.82) is 0 Å². The van der Waals surface area contributed by atoms with Gasteiger partial charge in [0.2, 0.25) is 5.28 Å². The van der Waals surface area contributed by atoms with Crippen LogP contribution in [-0.2, 0) is 0 Å². The van der Waals surface area contributed by atoms with Gasteiger partial charge >= 0.3 is 0 Å². The van der Waals surface area contributed by atoms with E-state index in [2.05, 4.69) is 10.2 Å². The first-order chi connectivity index (χ1) is 16.4. The number of aromatic nitrogens is 3. The summed E-state index contributed by atoms with van der Waals surface area (Å²) in [5.74, 6) is -0.919. The predicted molar refractivity (Wildman–Crippen MR) is 127 cm³/mol. The van der Waals surface area contributed by atoms with Crippen molar-refractivity contribution in [3.8, 4) is 5.69 Å². The molecule has 7 nitrogen and oxygen atoms in total. The van der Waals surface area contributed by atoms with Gasteiger partial charge in [-0.05, 0) is 48.9 Å². The number of nitrogens with zero attached hydrogens (tertiary/aromatic N) is 4. The molecule has 1 aliphatic heterocycles. The molecule has 0 saturated heterocycles.